The molecule has 2 aromatic carbocycles. The van der Waals surface area contributed by atoms with Gasteiger partial charge in [0.25, 0.3) is 0 Å². The molecule has 0 bridgehead atoms. The number of carbonyl (C=O) groups is 1. The number of aromatic nitrogens is 3. The number of nitrogens with two attached hydrogens (primary N) is 1. The van der Waals surface area contributed by atoms with Crippen LogP contribution in [0.15, 0.2) is 42.5 Å². The average Bonchev–Trinajstić information content (AvgIpc) is 2.66. The second kappa shape index (κ2) is 9.24. The number of anilines is 4. The number of amides is 1. The minimum absolute atomic E-state index is 0.0218. The molecule has 1 heterocycles. The van der Waals surface area contributed by atoms with Crippen LogP contribution in [0.1, 0.15) is 5.82 Å². The number of carbonyl (C=O) groups excluding carboxylic acids is 1. The van der Waals surface area contributed by atoms with E-state index in [0.29, 0.717) is 11.5 Å². The maximum absolute atomic E-state index is 13.6. The van der Waals surface area contributed by atoms with E-state index in [-0.39, 0.29) is 34.9 Å². The molecule has 0 spiro atoms. The third-order valence-electron chi connectivity index (χ3n) is 3.47. The van der Waals surface area contributed by atoms with Gasteiger partial charge in [0.2, 0.25) is 17.8 Å². The van der Waals surface area contributed by atoms with E-state index in [9.17, 15) is 18.0 Å². The Hall–Kier alpha value is -3.34. The quantitative estimate of drug-likeness (QED) is 0.537. The Labute approximate surface area is 168 Å². The van der Waals surface area contributed by atoms with Crippen LogP contribution in [0.2, 0.25) is 0 Å². The summed E-state index contributed by atoms with van der Waals surface area (Å²) in [6, 6.07) is 8.38. The predicted octanol–water partition coefficient (Wildman–Crippen LogP) is 3.49. The smallest absolute Gasteiger partial charge is 0.234 e. The van der Waals surface area contributed by atoms with Gasteiger partial charge in [0.05, 0.1) is 17.2 Å². The molecule has 3 aromatic rings. The van der Waals surface area contributed by atoms with Crippen LogP contribution in [0, 0.1) is 17.5 Å². The molecule has 1 aromatic heterocycles. The minimum atomic E-state index is -0.730. The highest BCUT2D eigenvalue weighted by Crippen LogP contribution is 2.18. The number of halogens is 3. The second-order valence-corrected chi connectivity index (χ2v) is 6.72. The minimum Gasteiger partial charge on any atom is -0.368 e. The van der Waals surface area contributed by atoms with Gasteiger partial charge in [-0.25, -0.2) is 13.2 Å². The molecule has 7 nitrogen and oxygen atoms in total. The van der Waals surface area contributed by atoms with Gasteiger partial charge in [-0.05, 0) is 36.4 Å². The number of hydrogen-bond acceptors (Lipinski definition) is 7. The molecule has 0 radical (unpaired) electrons. The Balaban J connectivity index is 1.56. The summed E-state index contributed by atoms with van der Waals surface area (Å²) >= 11 is 1.16. The van der Waals surface area contributed by atoms with E-state index in [1.165, 1.54) is 24.3 Å². The summed E-state index contributed by atoms with van der Waals surface area (Å²) in [5, 5.41) is 5.18. The zero-order valence-corrected chi connectivity index (χ0v) is 15.6. The third-order valence-corrected chi connectivity index (χ3v) is 4.39. The van der Waals surface area contributed by atoms with Crippen LogP contribution >= 0.6 is 11.8 Å². The number of nitrogen functional groups attached to an aromatic ring is 1. The molecule has 0 aliphatic carbocycles. The molecule has 0 aliphatic heterocycles. The second-order valence-electron chi connectivity index (χ2n) is 5.73. The molecular formula is C18H15F3N6OS. The van der Waals surface area contributed by atoms with Gasteiger partial charge in [-0.2, -0.15) is 15.0 Å². The van der Waals surface area contributed by atoms with Crippen molar-refractivity contribution in [2.45, 2.75) is 5.75 Å². The lowest BCUT2D eigenvalue weighted by Crippen LogP contribution is -2.15. The number of nitrogens with zero attached hydrogens (tertiary/aromatic N) is 3. The lowest BCUT2D eigenvalue weighted by molar-refractivity contribution is -0.113. The number of nitrogens with one attached hydrogen (secondary N) is 2. The first-order valence-corrected chi connectivity index (χ1v) is 9.40. The molecule has 0 aliphatic rings. The molecule has 4 N–H and O–H groups in total. The predicted molar refractivity (Wildman–Crippen MR) is 105 cm³/mol. The molecule has 0 unspecified atom stereocenters. The maximum atomic E-state index is 13.6. The van der Waals surface area contributed by atoms with E-state index < -0.39 is 17.5 Å². The van der Waals surface area contributed by atoms with Gasteiger partial charge in [0, 0.05) is 11.8 Å². The fourth-order valence-corrected chi connectivity index (χ4v) is 2.91. The standard InChI is InChI=1S/C18H15F3N6OS/c19-10-1-4-12(5-2-10)23-18-26-15(25-17(22)27-18)8-29-9-16(28)24-14-7-11(20)3-6-13(14)21/h1-7H,8-9H2,(H,24,28)(H3,22,23,25,26,27). The topological polar surface area (TPSA) is 106 Å². The molecule has 3 rings (SSSR count). The summed E-state index contributed by atoms with van der Waals surface area (Å²) in [6.45, 7) is 0. The lowest BCUT2D eigenvalue weighted by atomic mass is 10.3. The monoisotopic (exact) mass is 420 g/mol. The Morgan fingerprint density at radius 1 is 1.00 bits per heavy atom. The van der Waals surface area contributed by atoms with Crippen LogP contribution in [0.25, 0.3) is 0 Å². The van der Waals surface area contributed by atoms with Crippen LogP contribution in [-0.4, -0.2) is 26.6 Å². The fourth-order valence-electron chi connectivity index (χ4n) is 2.24. The van der Waals surface area contributed by atoms with Crippen molar-refractivity contribution in [1.29, 1.82) is 0 Å². The van der Waals surface area contributed by atoms with Gasteiger partial charge < -0.3 is 16.4 Å². The van der Waals surface area contributed by atoms with Crippen LogP contribution in [0.3, 0.4) is 0 Å². The van der Waals surface area contributed by atoms with Crippen molar-refractivity contribution < 1.29 is 18.0 Å². The maximum Gasteiger partial charge on any atom is 0.234 e. The van der Waals surface area contributed by atoms with Crippen molar-refractivity contribution in [2.75, 3.05) is 22.1 Å². The first-order chi connectivity index (χ1) is 13.9. The highest BCUT2D eigenvalue weighted by Gasteiger charge is 2.10. The van der Waals surface area contributed by atoms with Crippen LogP contribution in [0.5, 0.6) is 0 Å². The summed E-state index contributed by atoms with van der Waals surface area (Å²) in [7, 11) is 0. The van der Waals surface area contributed by atoms with Crippen LogP contribution in [0.4, 0.5) is 36.4 Å². The SMILES string of the molecule is Nc1nc(CSCC(=O)Nc2cc(F)ccc2F)nc(Nc2ccc(F)cc2)n1. The summed E-state index contributed by atoms with van der Waals surface area (Å²) in [4.78, 5) is 24.1. The molecule has 0 fully saturated rings. The molecule has 0 saturated heterocycles. The van der Waals surface area contributed by atoms with Gasteiger partial charge in [-0.1, -0.05) is 0 Å². The molecular weight excluding hydrogens is 405 g/mol. The van der Waals surface area contributed by atoms with Crippen molar-refractivity contribution in [3.8, 4) is 0 Å². The molecule has 0 saturated carbocycles. The van der Waals surface area contributed by atoms with E-state index >= 15 is 0 Å². The summed E-state index contributed by atoms with van der Waals surface area (Å²) in [5.74, 6) is -1.62. The van der Waals surface area contributed by atoms with Crippen molar-refractivity contribution in [3.63, 3.8) is 0 Å². The van der Waals surface area contributed by atoms with E-state index in [1.54, 1.807) is 0 Å². The third kappa shape index (κ3) is 6.07. The van der Waals surface area contributed by atoms with Crippen molar-refractivity contribution >= 4 is 40.9 Å². The van der Waals surface area contributed by atoms with Gasteiger partial charge in [0.1, 0.15) is 23.3 Å². The number of thioether (sulfide) groups is 1. The number of benzene rings is 2. The first-order valence-electron chi connectivity index (χ1n) is 8.25. The summed E-state index contributed by atoms with van der Waals surface area (Å²) < 4.78 is 39.7. The van der Waals surface area contributed by atoms with E-state index in [4.69, 9.17) is 5.73 Å². The Bertz CT molecular complexity index is 1020. The molecule has 0 atom stereocenters. The number of hydrogen-bond donors (Lipinski definition) is 3. The molecule has 1 amide bonds. The Morgan fingerprint density at radius 3 is 2.48 bits per heavy atom. The van der Waals surface area contributed by atoms with Crippen LogP contribution < -0.4 is 16.4 Å². The van der Waals surface area contributed by atoms with Crippen molar-refractivity contribution in [1.82, 2.24) is 15.0 Å². The van der Waals surface area contributed by atoms with Crippen LogP contribution in [-0.2, 0) is 10.5 Å². The zero-order chi connectivity index (χ0) is 20.8. The zero-order valence-electron chi connectivity index (χ0n) is 14.8. The molecule has 29 heavy (non-hydrogen) atoms. The highest BCUT2D eigenvalue weighted by atomic mass is 32.2. The van der Waals surface area contributed by atoms with Gasteiger partial charge in [-0.3, -0.25) is 4.79 Å². The fraction of sp³-hybridized carbons (Fsp3) is 0.111. The Morgan fingerprint density at radius 2 is 1.72 bits per heavy atom. The van der Waals surface area contributed by atoms with Crippen molar-refractivity contribution in [2.24, 2.45) is 0 Å². The lowest BCUT2D eigenvalue weighted by Gasteiger charge is -2.08. The van der Waals surface area contributed by atoms with E-state index in [1.807, 2.05) is 0 Å². The van der Waals surface area contributed by atoms with E-state index in [0.717, 1.165) is 30.0 Å². The van der Waals surface area contributed by atoms with Gasteiger partial charge in [0.15, 0.2) is 0 Å². The molecule has 11 heteroatoms. The first kappa shape index (κ1) is 20.4. The summed E-state index contributed by atoms with van der Waals surface area (Å²) in [5.41, 5.74) is 6.01. The Kier molecular flexibility index (Phi) is 6.50. The van der Waals surface area contributed by atoms with E-state index in [2.05, 4.69) is 25.6 Å². The molecule has 150 valence electrons. The largest absolute Gasteiger partial charge is 0.368 e. The summed E-state index contributed by atoms with van der Waals surface area (Å²) in [6.07, 6.45) is 0. The van der Waals surface area contributed by atoms with Gasteiger partial charge >= 0.3 is 0 Å². The average molecular weight is 420 g/mol. The highest BCUT2D eigenvalue weighted by molar-refractivity contribution is 7.99. The number of rotatable bonds is 7. The normalized spacial score (nSPS) is 10.6. The van der Waals surface area contributed by atoms with Crippen molar-refractivity contribution in [3.05, 3.63) is 65.7 Å². The van der Waals surface area contributed by atoms with Gasteiger partial charge in [-0.15, -0.1) is 11.8 Å².